The molecule has 84 valence electrons. The molecule has 0 aromatic heterocycles. The van der Waals surface area contributed by atoms with Gasteiger partial charge in [-0.2, -0.15) is 5.26 Å². The third-order valence-electron chi connectivity index (χ3n) is 2.69. The minimum atomic E-state index is 0.0413. The van der Waals surface area contributed by atoms with Crippen LogP contribution in [0, 0.1) is 11.3 Å². The van der Waals surface area contributed by atoms with Gasteiger partial charge in [-0.1, -0.05) is 32.1 Å². The van der Waals surface area contributed by atoms with Crippen LogP contribution in [-0.4, -0.2) is 7.11 Å². The molecule has 1 aromatic carbocycles. The largest absolute Gasteiger partial charge is 0.497 e. The molecule has 2 nitrogen and oxygen atoms in total. The number of allylic oxidation sites excluding steroid dienone is 2. The first-order chi connectivity index (χ1) is 7.60. The Balaban J connectivity index is 2.81. The molecule has 0 saturated heterocycles. The summed E-state index contributed by atoms with van der Waals surface area (Å²) in [5.74, 6) is 0.868. The summed E-state index contributed by atoms with van der Waals surface area (Å²) in [6.07, 6.45) is 4.29. The molecule has 0 saturated carbocycles. The molecule has 2 heteroatoms. The summed E-state index contributed by atoms with van der Waals surface area (Å²) in [6.45, 7) is 4.33. The predicted octanol–water partition coefficient (Wildman–Crippen LogP) is 3.44. The number of rotatable bonds is 4. The molecule has 0 N–H and O–H groups in total. The molecule has 0 aliphatic heterocycles. The predicted molar refractivity (Wildman–Crippen MR) is 65.4 cm³/mol. The highest BCUT2D eigenvalue weighted by Gasteiger charge is 2.18. The molecule has 0 heterocycles. The zero-order valence-electron chi connectivity index (χ0n) is 10.0. The standard InChI is InChI=1S/C14H17NO/c1-14(2,10-4-5-11-15)12-6-8-13(16-3)9-7-12/h4-9H,10H2,1-3H3. The van der Waals surface area contributed by atoms with Gasteiger partial charge >= 0.3 is 0 Å². The van der Waals surface area contributed by atoms with Gasteiger partial charge in [0, 0.05) is 6.08 Å². The normalized spacial score (nSPS) is 11.4. The second-order valence-corrected chi connectivity index (χ2v) is 4.35. The fraction of sp³-hybridized carbons (Fsp3) is 0.357. The molecule has 0 fully saturated rings. The molecule has 0 radical (unpaired) electrons. The van der Waals surface area contributed by atoms with Gasteiger partial charge in [0.1, 0.15) is 5.75 Å². The van der Waals surface area contributed by atoms with Gasteiger partial charge in [0.2, 0.25) is 0 Å². The van der Waals surface area contributed by atoms with Crippen LogP contribution in [0.2, 0.25) is 0 Å². The van der Waals surface area contributed by atoms with E-state index in [2.05, 4.69) is 26.0 Å². The monoisotopic (exact) mass is 215 g/mol. The highest BCUT2D eigenvalue weighted by Crippen LogP contribution is 2.28. The molecule has 0 amide bonds. The van der Waals surface area contributed by atoms with E-state index >= 15 is 0 Å². The van der Waals surface area contributed by atoms with E-state index in [9.17, 15) is 0 Å². The first-order valence-corrected chi connectivity index (χ1v) is 5.29. The third-order valence-corrected chi connectivity index (χ3v) is 2.69. The second kappa shape index (κ2) is 5.37. The van der Waals surface area contributed by atoms with Gasteiger partial charge < -0.3 is 4.74 Å². The van der Waals surface area contributed by atoms with Crippen LogP contribution < -0.4 is 4.74 Å². The Morgan fingerprint density at radius 3 is 2.44 bits per heavy atom. The molecular weight excluding hydrogens is 198 g/mol. The van der Waals surface area contributed by atoms with Crippen LogP contribution in [0.1, 0.15) is 25.8 Å². The van der Waals surface area contributed by atoms with Gasteiger partial charge in [0.15, 0.2) is 0 Å². The minimum absolute atomic E-state index is 0.0413. The van der Waals surface area contributed by atoms with Crippen LogP contribution in [0.25, 0.3) is 0 Å². The van der Waals surface area contributed by atoms with Crippen molar-refractivity contribution in [2.45, 2.75) is 25.7 Å². The number of nitrogens with zero attached hydrogens (tertiary/aromatic N) is 1. The minimum Gasteiger partial charge on any atom is -0.497 e. The number of hydrogen-bond donors (Lipinski definition) is 0. The maximum absolute atomic E-state index is 8.45. The lowest BCUT2D eigenvalue weighted by Crippen LogP contribution is -2.15. The fourth-order valence-corrected chi connectivity index (χ4v) is 1.57. The van der Waals surface area contributed by atoms with Crippen molar-refractivity contribution in [1.29, 1.82) is 5.26 Å². The Morgan fingerprint density at radius 2 is 1.94 bits per heavy atom. The van der Waals surface area contributed by atoms with E-state index in [0.717, 1.165) is 12.2 Å². The van der Waals surface area contributed by atoms with Gasteiger partial charge in [-0.15, -0.1) is 0 Å². The number of methoxy groups -OCH3 is 1. The highest BCUT2D eigenvalue weighted by molar-refractivity contribution is 5.32. The molecular formula is C14H17NO. The summed E-state index contributed by atoms with van der Waals surface area (Å²) >= 11 is 0. The van der Waals surface area contributed by atoms with Gasteiger partial charge in [0.05, 0.1) is 13.2 Å². The lowest BCUT2D eigenvalue weighted by atomic mass is 9.81. The van der Waals surface area contributed by atoms with Crippen LogP contribution >= 0.6 is 0 Å². The molecule has 0 spiro atoms. The van der Waals surface area contributed by atoms with E-state index < -0.39 is 0 Å². The molecule has 0 aliphatic rings. The fourth-order valence-electron chi connectivity index (χ4n) is 1.57. The number of hydrogen-bond acceptors (Lipinski definition) is 2. The molecule has 1 aromatic rings. The molecule has 0 atom stereocenters. The summed E-state index contributed by atoms with van der Waals surface area (Å²) < 4.78 is 5.12. The Hall–Kier alpha value is -1.75. The topological polar surface area (TPSA) is 33.0 Å². The zero-order valence-corrected chi connectivity index (χ0v) is 10.0. The average Bonchev–Trinajstić information content (AvgIpc) is 2.29. The first-order valence-electron chi connectivity index (χ1n) is 5.29. The Labute approximate surface area is 97.2 Å². The molecule has 0 bridgehead atoms. The summed E-state index contributed by atoms with van der Waals surface area (Å²) in [5.41, 5.74) is 1.29. The van der Waals surface area contributed by atoms with E-state index in [0.29, 0.717) is 0 Å². The van der Waals surface area contributed by atoms with Gasteiger partial charge in [-0.05, 0) is 29.5 Å². The second-order valence-electron chi connectivity index (χ2n) is 4.35. The van der Waals surface area contributed by atoms with Crippen molar-refractivity contribution in [2.75, 3.05) is 7.11 Å². The average molecular weight is 215 g/mol. The van der Waals surface area contributed by atoms with E-state index in [-0.39, 0.29) is 5.41 Å². The molecule has 0 unspecified atom stereocenters. The number of benzene rings is 1. The van der Waals surface area contributed by atoms with Crippen LogP contribution in [0.3, 0.4) is 0 Å². The third kappa shape index (κ3) is 3.13. The number of nitriles is 1. The quantitative estimate of drug-likeness (QED) is 0.721. The zero-order chi connectivity index (χ0) is 12.0. The van der Waals surface area contributed by atoms with Crippen LogP contribution in [-0.2, 0) is 5.41 Å². The Kier molecular flexibility index (Phi) is 4.13. The lowest BCUT2D eigenvalue weighted by Gasteiger charge is -2.23. The maximum atomic E-state index is 8.45. The summed E-state index contributed by atoms with van der Waals surface area (Å²) in [4.78, 5) is 0. The van der Waals surface area contributed by atoms with Crippen molar-refractivity contribution in [3.63, 3.8) is 0 Å². The van der Waals surface area contributed by atoms with Crippen LogP contribution in [0.5, 0.6) is 5.75 Å². The van der Waals surface area contributed by atoms with Gasteiger partial charge in [-0.3, -0.25) is 0 Å². The smallest absolute Gasteiger partial charge is 0.118 e. The highest BCUT2D eigenvalue weighted by atomic mass is 16.5. The summed E-state index contributed by atoms with van der Waals surface area (Å²) in [7, 11) is 1.66. The van der Waals surface area contributed by atoms with Crippen molar-refractivity contribution < 1.29 is 4.74 Å². The van der Waals surface area contributed by atoms with Crippen molar-refractivity contribution in [1.82, 2.24) is 0 Å². The summed E-state index contributed by atoms with van der Waals surface area (Å²) in [5, 5.41) is 8.45. The van der Waals surface area contributed by atoms with Crippen LogP contribution in [0.4, 0.5) is 0 Å². The van der Waals surface area contributed by atoms with Crippen molar-refractivity contribution in [3.05, 3.63) is 42.0 Å². The Morgan fingerprint density at radius 1 is 1.31 bits per heavy atom. The number of ether oxygens (including phenoxy) is 1. The maximum Gasteiger partial charge on any atom is 0.118 e. The van der Waals surface area contributed by atoms with E-state index in [1.54, 1.807) is 7.11 Å². The first kappa shape index (κ1) is 12.3. The molecule has 1 rings (SSSR count). The van der Waals surface area contributed by atoms with Gasteiger partial charge in [0.25, 0.3) is 0 Å². The SMILES string of the molecule is COc1ccc(C(C)(C)CC=CC#N)cc1. The van der Waals surface area contributed by atoms with E-state index in [4.69, 9.17) is 10.00 Å². The summed E-state index contributed by atoms with van der Waals surface area (Å²) in [6, 6.07) is 10.1. The Bertz CT molecular complexity index is 396. The van der Waals surface area contributed by atoms with Gasteiger partial charge in [-0.25, -0.2) is 0 Å². The van der Waals surface area contributed by atoms with Crippen molar-refractivity contribution >= 4 is 0 Å². The van der Waals surface area contributed by atoms with E-state index in [1.165, 1.54) is 11.6 Å². The van der Waals surface area contributed by atoms with E-state index in [1.807, 2.05) is 24.3 Å². The lowest BCUT2D eigenvalue weighted by molar-refractivity contribution is 0.414. The molecule has 0 aliphatic carbocycles. The van der Waals surface area contributed by atoms with Crippen molar-refractivity contribution in [2.24, 2.45) is 0 Å². The molecule has 16 heavy (non-hydrogen) atoms. The van der Waals surface area contributed by atoms with Crippen LogP contribution in [0.15, 0.2) is 36.4 Å². The van der Waals surface area contributed by atoms with Crippen molar-refractivity contribution in [3.8, 4) is 11.8 Å².